The Morgan fingerprint density at radius 3 is 2.63 bits per heavy atom. The van der Waals surface area contributed by atoms with Gasteiger partial charge in [-0.2, -0.15) is 0 Å². The van der Waals surface area contributed by atoms with Crippen LogP contribution >= 0.6 is 12.6 Å². The Morgan fingerprint density at radius 2 is 1.89 bits per heavy atom. The lowest BCUT2D eigenvalue weighted by molar-refractivity contribution is 0.771. The topological polar surface area (TPSA) is 69.6 Å². The van der Waals surface area contributed by atoms with Crippen molar-refractivity contribution in [1.29, 1.82) is 0 Å². The molecule has 3 aromatic rings. The summed E-state index contributed by atoms with van der Waals surface area (Å²) in [5.41, 5.74) is 8.39. The summed E-state index contributed by atoms with van der Waals surface area (Å²) in [4.78, 5) is 12.8. The summed E-state index contributed by atoms with van der Waals surface area (Å²) in [5.74, 6) is 1.23. The maximum absolute atomic E-state index is 5.86. The number of nitrogens with two attached hydrogens (primary N) is 1. The molecule has 0 saturated carbocycles. The van der Waals surface area contributed by atoms with E-state index >= 15 is 0 Å². The van der Waals surface area contributed by atoms with E-state index < -0.39 is 0 Å². The van der Waals surface area contributed by atoms with Crippen molar-refractivity contribution in [2.75, 3.05) is 5.73 Å². The van der Waals surface area contributed by atoms with E-state index in [0.29, 0.717) is 23.0 Å². The van der Waals surface area contributed by atoms with Crippen LogP contribution in [0.2, 0.25) is 0 Å². The van der Waals surface area contributed by atoms with E-state index in [1.807, 2.05) is 29.7 Å². The second-order valence-corrected chi connectivity index (χ2v) is 4.71. The lowest BCUT2D eigenvalue weighted by atomic mass is 10.2. The van der Waals surface area contributed by atoms with Gasteiger partial charge in [0.2, 0.25) is 0 Å². The van der Waals surface area contributed by atoms with Gasteiger partial charge in [-0.1, -0.05) is 30.3 Å². The number of imidazole rings is 1. The van der Waals surface area contributed by atoms with Gasteiger partial charge in [-0.15, -0.1) is 12.6 Å². The molecule has 96 valence electrons. The lowest BCUT2D eigenvalue weighted by Gasteiger charge is -2.06. The van der Waals surface area contributed by atoms with Gasteiger partial charge >= 0.3 is 0 Å². The molecule has 0 radical (unpaired) electrons. The standard InChI is InChI=1S/C13H13N5S/c1-8-15-10-11(14)16-13(19)17-12(10)18(8)7-9-5-3-2-4-6-9/h2-6H,7H2,1H3,(H3,14,16,17,19). The molecule has 0 atom stereocenters. The van der Waals surface area contributed by atoms with E-state index in [-0.39, 0.29) is 0 Å². The SMILES string of the molecule is Cc1nc2c(N)nc(S)nc2n1Cc1ccccc1. The fourth-order valence-corrected chi connectivity index (χ4v) is 2.28. The van der Waals surface area contributed by atoms with Crippen LogP contribution < -0.4 is 5.73 Å². The van der Waals surface area contributed by atoms with Crippen molar-refractivity contribution in [3.8, 4) is 0 Å². The Hall–Kier alpha value is -2.08. The molecule has 2 heterocycles. The van der Waals surface area contributed by atoms with Crippen LogP contribution in [0, 0.1) is 6.92 Å². The minimum atomic E-state index is 0.360. The average molecular weight is 271 g/mol. The van der Waals surface area contributed by atoms with Gasteiger partial charge in [0.05, 0.1) is 6.54 Å². The van der Waals surface area contributed by atoms with Gasteiger partial charge in [0.1, 0.15) is 5.82 Å². The van der Waals surface area contributed by atoms with Gasteiger partial charge in [-0.3, -0.25) is 0 Å². The Labute approximate surface area is 115 Å². The van der Waals surface area contributed by atoms with Crippen molar-refractivity contribution in [3.63, 3.8) is 0 Å². The molecule has 0 aliphatic rings. The molecule has 0 saturated heterocycles. The molecule has 0 spiro atoms. The minimum absolute atomic E-state index is 0.360. The Morgan fingerprint density at radius 1 is 1.16 bits per heavy atom. The number of rotatable bonds is 2. The third kappa shape index (κ3) is 2.15. The first-order chi connectivity index (χ1) is 9.15. The monoisotopic (exact) mass is 271 g/mol. The normalized spacial score (nSPS) is 11.1. The van der Waals surface area contributed by atoms with Crippen molar-refractivity contribution in [1.82, 2.24) is 19.5 Å². The fraction of sp³-hybridized carbons (Fsp3) is 0.154. The lowest BCUT2D eigenvalue weighted by Crippen LogP contribution is -2.04. The molecule has 3 rings (SSSR count). The zero-order chi connectivity index (χ0) is 13.4. The zero-order valence-corrected chi connectivity index (χ0v) is 11.3. The summed E-state index contributed by atoms with van der Waals surface area (Å²) in [6.07, 6.45) is 0. The van der Waals surface area contributed by atoms with Gasteiger partial charge in [-0.05, 0) is 12.5 Å². The summed E-state index contributed by atoms with van der Waals surface area (Å²) < 4.78 is 2.02. The number of fused-ring (bicyclic) bond motifs is 1. The number of hydrogen-bond acceptors (Lipinski definition) is 5. The molecule has 0 aliphatic carbocycles. The highest BCUT2D eigenvalue weighted by Crippen LogP contribution is 2.21. The van der Waals surface area contributed by atoms with Crippen LogP contribution in [0.1, 0.15) is 11.4 Å². The molecule has 6 heteroatoms. The molecule has 0 bridgehead atoms. The highest BCUT2D eigenvalue weighted by atomic mass is 32.1. The Balaban J connectivity index is 2.15. The molecule has 2 aromatic heterocycles. The molecule has 19 heavy (non-hydrogen) atoms. The highest BCUT2D eigenvalue weighted by molar-refractivity contribution is 7.80. The number of anilines is 1. The number of thiol groups is 1. The van der Waals surface area contributed by atoms with Crippen molar-refractivity contribution >= 4 is 29.6 Å². The summed E-state index contributed by atoms with van der Waals surface area (Å²) in [6, 6.07) is 10.2. The van der Waals surface area contributed by atoms with Crippen LogP contribution in [0.25, 0.3) is 11.2 Å². The molecule has 5 nitrogen and oxygen atoms in total. The number of aromatic nitrogens is 4. The fourth-order valence-electron chi connectivity index (χ4n) is 2.07. The predicted molar refractivity (Wildman–Crippen MR) is 77.3 cm³/mol. The van der Waals surface area contributed by atoms with Crippen LogP contribution in [0.3, 0.4) is 0 Å². The number of nitrogen functional groups attached to an aromatic ring is 1. The van der Waals surface area contributed by atoms with E-state index in [1.165, 1.54) is 5.56 Å². The Bertz CT molecular complexity index is 736. The second-order valence-electron chi connectivity index (χ2n) is 4.31. The highest BCUT2D eigenvalue weighted by Gasteiger charge is 2.13. The molecule has 2 N–H and O–H groups in total. The zero-order valence-electron chi connectivity index (χ0n) is 10.4. The van der Waals surface area contributed by atoms with Crippen molar-refractivity contribution in [2.24, 2.45) is 0 Å². The van der Waals surface area contributed by atoms with Gasteiger partial charge < -0.3 is 10.3 Å². The number of benzene rings is 1. The molecule has 0 fully saturated rings. The third-order valence-corrected chi connectivity index (χ3v) is 3.18. The summed E-state index contributed by atoms with van der Waals surface area (Å²) >= 11 is 4.17. The predicted octanol–water partition coefficient (Wildman–Crippen LogP) is 2.05. The minimum Gasteiger partial charge on any atom is -0.382 e. The molecular weight excluding hydrogens is 258 g/mol. The van der Waals surface area contributed by atoms with Crippen molar-refractivity contribution in [3.05, 3.63) is 41.7 Å². The average Bonchev–Trinajstić information content (AvgIpc) is 2.69. The molecule has 0 unspecified atom stereocenters. The first kappa shape index (κ1) is 12.0. The van der Waals surface area contributed by atoms with E-state index in [4.69, 9.17) is 5.73 Å². The van der Waals surface area contributed by atoms with Crippen LogP contribution in [0.5, 0.6) is 0 Å². The number of aryl methyl sites for hydroxylation is 1. The maximum atomic E-state index is 5.86. The number of hydrogen-bond donors (Lipinski definition) is 2. The van der Waals surface area contributed by atoms with E-state index in [0.717, 1.165) is 11.5 Å². The Kier molecular flexibility index (Phi) is 2.87. The van der Waals surface area contributed by atoms with Crippen LogP contribution in [0.15, 0.2) is 35.5 Å². The van der Waals surface area contributed by atoms with Crippen molar-refractivity contribution in [2.45, 2.75) is 18.6 Å². The van der Waals surface area contributed by atoms with Gasteiger partial charge in [0, 0.05) is 0 Å². The van der Waals surface area contributed by atoms with E-state index in [9.17, 15) is 0 Å². The first-order valence-electron chi connectivity index (χ1n) is 5.88. The van der Waals surface area contributed by atoms with E-state index in [2.05, 4.69) is 39.7 Å². The third-order valence-electron chi connectivity index (χ3n) is 2.98. The van der Waals surface area contributed by atoms with Crippen LogP contribution in [0.4, 0.5) is 5.82 Å². The van der Waals surface area contributed by atoms with Gasteiger partial charge in [-0.25, -0.2) is 15.0 Å². The molecule has 0 amide bonds. The smallest absolute Gasteiger partial charge is 0.188 e. The molecule has 1 aromatic carbocycles. The number of nitrogens with zero attached hydrogens (tertiary/aromatic N) is 4. The van der Waals surface area contributed by atoms with E-state index in [1.54, 1.807) is 0 Å². The summed E-state index contributed by atoms with van der Waals surface area (Å²) in [5, 5.41) is 0.360. The summed E-state index contributed by atoms with van der Waals surface area (Å²) in [7, 11) is 0. The summed E-state index contributed by atoms with van der Waals surface area (Å²) in [6.45, 7) is 2.63. The quantitative estimate of drug-likeness (QED) is 0.553. The van der Waals surface area contributed by atoms with Gasteiger partial charge in [0.25, 0.3) is 0 Å². The van der Waals surface area contributed by atoms with Crippen LogP contribution in [-0.4, -0.2) is 19.5 Å². The first-order valence-corrected chi connectivity index (χ1v) is 6.33. The largest absolute Gasteiger partial charge is 0.382 e. The molecule has 0 aliphatic heterocycles. The maximum Gasteiger partial charge on any atom is 0.188 e. The van der Waals surface area contributed by atoms with Gasteiger partial charge in [0.15, 0.2) is 22.1 Å². The molecular formula is C13H13N5S. The second kappa shape index (κ2) is 4.55. The van der Waals surface area contributed by atoms with Crippen molar-refractivity contribution < 1.29 is 0 Å². The van der Waals surface area contributed by atoms with Crippen LogP contribution in [-0.2, 0) is 6.54 Å².